The standard InChI is InChI=1S/C13H18ClN2O15P3/c1-2-4-13(20)9(18)12(6-14,29-10(13)16-5-3-8(17)15-11(16)19)7-28-33(24,25)31-34(26,27)30-32(21,22)23/h3-5,9-10,18,20H,1,6-7H2,(H,24,25)(H,26,27)(H,15,17,19)(H2,21,22,23)/t9-,10-,12-,13-/m1/s1. The highest BCUT2D eigenvalue weighted by molar-refractivity contribution is 7.66. The van der Waals surface area contributed by atoms with Gasteiger partial charge in [0.25, 0.3) is 5.56 Å². The molecular formula is C13H18ClN2O15P3. The zero-order chi connectivity index (χ0) is 26.2. The normalized spacial score (nSPS) is 30.8. The van der Waals surface area contributed by atoms with E-state index >= 15 is 0 Å². The van der Waals surface area contributed by atoms with E-state index in [1.54, 1.807) is 0 Å². The van der Waals surface area contributed by atoms with Crippen molar-refractivity contribution in [1.82, 2.24) is 9.55 Å². The lowest BCUT2D eigenvalue weighted by Gasteiger charge is -2.31. The molecule has 192 valence electrons. The van der Waals surface area contributed by atoms with Gasteiger partial charge in [0, 0.05) is 12.3 Å². The van der Waals surface area contributed by atoms with Crippen LogP contribution in [-0.4, -0.2) is 69.1 Å². The number of phosphoric ester groups is 1. The molecule has 6 atom stereocenters. The van der Waals surface area contributed by atoms with Gasteiger partial charge in [0.05, 0.1) is 12.5 Å². The molecule has 0 aliphatic carbocycles. The Labute approximate surface area is 193 Å². The Bertz CT molecular complexity index is 1240. The van der Waals surface area contributed by atoms with Crippen LogP contribution < -0.4 is 11.2 Å². The third-order valence-corrected chi connectivity index (χ3v) is 8.46. The van der Waals surface area contributed by atoms with E-state index in [2.05, 4.69) is 25.5 Å². The quantitative estimate of drug-likeness (QED) is 0.0991. The number of ether oxygens (including phenoxy) is 1. The van der Waals surface area contributed by atoms with Crippen molar-refractivity contribution >= 4 is 35.1 Å². The average molecular weight is 571 g/mol. The van der Waals surface area contributed by atoms with Crippen LogP contribution in [-0.2, 0) is 31.6 Å². The molecule has 0 saturated carbocycles. The van der Waals surface area contributed by atoms with E-state index in [0.29, 0.717) is 4.57 Å². The number of aliphatic hydroxyl groups is 2. The summed E-state index contributed by atoms with van der Waals surface area (Å²) in [6.07, 6.45) is -2.32. The number of aliphatic hydroxyl groups excluding tert-OH is 1. The molecule has 34 heavy (non-hydrogen) atoms. The molecule has 0 aromatic carbocycles. The maximum Gasteiger partial charge on any atom is 0.490 e. The topological polar surface area (TPSA) is 264 Å². The second-order valence-corrected chi connectivity index (χ2v) is 11.4. The Kier molecular flexibility index (Phi) is 8.56. The zero-order valence-electron chi connectivity index (χ0n) is 16.5. The number of aromatic nitrogens is 2. The monoisotopic (exact) mass is 570 g/mol. The molecule has 0 bridgehead atoms. The van der Waals surface area contributed by atoms with E-state index in [1.807, 2.05) is 4.98 Å². The molecule has 1 saturated heterocycles. The minimum Gasteiger partial charge on any atom is -0.386 e. The third kappa shape index (κ3) is 6.50. The van der Waals surface area contributed by atoms with Gasteiger partial charge in [0.1, 0.15) is 11.7 Å². The fraction of sp³-hybridized carbons (Fsp3) is 0.462. The molecule has 1 aromatic heterocycles. The van der Waals surface area contributed by atoms with Crippen molar-refractivity contribution in [3.8, 4) is 0 Å². The Hall–Kier alpha value is -1.22. The summed E-state index contributed by atoms with van der Waals surface area (Å²) in [5.74, 6) is -0.800. The van der Waals surface area contributed by atoms with Crippen molar-refractivity contribution < 1.29 is 61.4 Å². The van der Waals surface area contributed by atoms with Crippen LogP contribution in [0.5, 0.6) is 0 Å². The predicted molar refractivity (Wildman–Crippen MR) is 109 cm³/mol. The Balaban J connectivity index is 2.39. The van der Waals surface area contributed by atoms with Gasteiger partial charge in [-0.3, -0.25) is 18.9 Å². The number of phosphoric acid groups is 3. The van der Waals surface area contributed by atoms with Crippen LogP contribution in [0.4, 0.5) is 0 Å². The minimum atomic E-state index is -5.84. The maximum absolute atomic E-state index is 12.2. The molecular weight excluding hydrogens is 553 g/mol. The van der Waals surface area contributed by atoms with Gasteiger partial charge in [-0.15, -0.1) is 17.3 Å². The van der Waals surface area contributed by atoms with E-state index < -0.39 is 70.7 Å². The van der Waals surface area contributed by atoms with Crippen molar-refractivity contribution in [1.29, 1.82) is 0 Å². The highest BCUT2D eigenvalue weighted by Gasteiger charge is 2.64. The number of nitrogens with one attached hydrogen (secondary N) is 1. The van der Waals surface area contributed by atoms with Crippen LogP contribution in [0.25, 0.3) is 0 Å². The fourth-order valence-corrected chi connectivity index (χ4v) is 6.26. The molecule has 1 aromatic rings. The number of rotatable bonds is 10. The lowest BCUT2D eigenvalue weighted by Crippen LogP contribution is -2.53. The van der Waals surface area contributed by atoms with Crippen LogP contribution in [0, 0.1) is 0 Å². The molecule has 2 rings (SSSR count). The van der Waals surface area contributed by atoms with Gasteiger partial charge in [-0.2, -0.15) is 8.62 Å². The number of aromatic amines is 1. The molecule has 1 fully saturated rings. The van der Waals surface area contributed by atoms with E-state index in [4.69, 9.17) is 26.1 Å². The summed E-state index contributed by atoms with van der Waals surface area (Å²) in [6.45, 7) is 1.98. The molecule has 1 aliphatic rings. The minimum absolute atomic E-state index is 0.636. The first-order valence-corrected chi connectivity index (χ1v) is 13.6. The summed E-state index contributed by atoms with van der Waals surface area (Å²) in [4.78, 5) is 61.4. The first-order valence-electron chi connectivity index (χ1n) is 8.51. The maximum atomic E-state index is 12.2. The molecule has 17 nitrogen and oxygen atoms in total. The fourth-order valence-electron chi connectivity index (χ4n) is 2.89. The Morgan fingerprint density at radius 3 is 2.35 bits per heavy atom. The number of hydrogen-bond donors (Lipinski definition) is 7. The SMILES string of the molecule is C=C=C[C@@]1(O)[C@H](O)[C@@](CCl)(COP(=O)(O)OP(=O)(O)OP(=O)(O)O)O[C@H]1n1ccc(=O)[nH]c1=O. The largest absolute Gasteiger partial charge is 0.490 e. The van der Waals surface area contributed by atoms with Crippen LogP contribution in [0.2, 0.25) is 0 Å². The van der Waals surface area contributed by atoms with Crippen LogP contribution in [0.3, 0.4) is 0 Å². The van der Waals surface area contributed by atoms with Crippen LogP contribution >= 0.6 is 35.1 Å². The summed E-state index contributed by atoms with van der Waals surface area (Å²) < 4.78 is 52.0. The lowest BCUT2D eigenvalue weighted by molar-refractivity contribution is -0.116. The molecule has 1 aliphatic heterocycles. The smallest absolute Gasteiger partial charge is 0.386 e. The summed E-state index contributed by atoms with van der Waals surface area (Å²) in [5.41, 5.74) is -4.60. The summed E-state index contributed by atoms with van der Waals surface area (Å²) >= 11 is 5.84. The summed E-state index contributed by atoms with van der Waals surface area (Å²) in [6, 6.07) is 0.877. The molecule has 2 heterocycles. The second kappa shape index (κ2) is 10.0. The molecule has 21 heteroatoms. The number of H-pyrrole nitrogens is 1. The van der Waals surface area contributed by atoms with Gasteiger partial charge in [-0.05, 0) is 6.08 Å². The molecule has 0 amide bonds. The van der Waals surface area contributed by atoms with Crippen molar-refractivity contribution in [2.75, 3.05) is 12.5 Å². The Morgan fingerprint density at radius 2 is 1.85 bits per heavy atom. The van der Waals surface area contributed by atoms with Crippen molar-refractivity contribution in [3.05, 3.63) is 51.5 Å². The molecule has 7 N–H and O–H groups in total. The van der Waals surface area contributed by atoms with Gasteiger partial charge in [0.15, 0.2) is 11.8 Å². The third-order valence-electron chi connectivity index (χ3n) is 4.23. The highest BCUT2D eigenvalue weighted by atomic mass is 35.5. The van der Waals surface area contributed by atoms with Crippen LogP contribution in [0.15, 0.2) is 40.2 Å². The van der Waals surface area contributed by atoms with Crippen molar-refractivity contribution in [3.63, 3.8) is 0 Å². The summed E-state index contributed by atoms with van der Waals surface area (Å²) in [7, 11) is -17.1. The van der Waals surface area contributed by atoms with Crippen LogP contribution in [0.1, 0.15) is 6.23 Å². The number of alkyl halides is 1. The lowest BCUT2D eigenvalue weighted by atomic mass is 9.87. The average Bonchev–Trinajstić information content (AvgIpc) is 2.86. The van der Waals surface area contributed by atoms with Gasteiger partial charge in [-0.1, -0.05) is 6.58 Å². The van der Waals surface area contributed by atoms with E-state index in [9.17, 15) is 43.3 Å². The predicted octanol–water partition coefficient (Wildman–Crippen LogP) is -1.18. The van der Waals surface area contributed by atoms with E-state index in [1.165, 1.54) is 0 Å². The van der Waals surface area contributed by atoms with Crippen molar-refractivity contribution in [2.45, 2.75) is 23.5 Å². The molecule has 2 unspecified atom stereocenters. The molecule has 0 spiro atoms. The first-order chi connectivity index (χ1) is 15.4. The van der Waals surface area contributed by atoms with Crippen molar-refractivity contribution in [2.24, 2.45) is 0 Å². The zero-order valence-corrected chi connectivity index (χ0v) is 20.0. The van der Waals surface area contributed by atoms with E-state index in [-0.39, 0.29) is 0 Å². The van der Waals surface area contributed by atoms with Gasteiger partial charge in [-0.25, -0.2) is 18.5 Å². The Morgan fingerprint density at radius 1 is 1.24 bits per heavy atom. The summed E-state index contributed by atoms with van der Waals surface area (Å²) in [5, 5.41) is 21.8. The van der Waals surface area contributed by atoms with Gasteiger partial charge >= 0.3 is 29.2 Å². The highest BCUT2D eigenvalue weighted by Crippen LogP contribution is 2.66. The number of nitrogens with zero attached hydrogens (tertiary/aromatic N) is 1. The molecule has 0 radical (unpaired) electrons. The van der Waals surface area contributed by atoms with Gasteiger partial charge in [0.2, 0.25) is 0 Å². The van der Waals surface area contributed by atoms with Gasteiger partial charge < -0.3 is 34.5 Å². The first kappa shape index (κ1) is 29.0. The van der Waals surface area contributed by atoms with E-state index in [0.717, 1.165) is 18.3 Å². The second-order valence-electron chi connectivity index (χ2n) is 6.69. The number of halogens is 1. The number of hydrogen-bond acceptors (Lipinski definition) is 11.